The van der Waals surface area contributed by atoms with Gasteiger partial charge in [-0.2, -0.15) is 5.26 Å². The molecular weight excluding hydrogens is 168 g/mol. The first-order chi connectivity index (χ1) is 5.24. The van der Waals surface area contributed by atoms with Gasteiger partial charge in [-0.3, -0.25) is 0 Å². The van der Waals surface area contributed by atoms with E-state index in [4.69, 9.17) is 5.26 Å². The second-order valence-electron chi connectivity index (χ2n) is 1.77. The third-order valence-corrected chi connectivity index (χ3v) is 1.64. The molecule has 11 heavy (non-hydrogen) atoms. The number of nitriles is 1. The van der Waals surface area contributed by atoms with Crippen molar-refractivity contribution in [2.45, 2.75) is 4.90 Å². The highest BCUT2D eigenvalue weighted by molar-refractivity contribution is 8.03. The first-order valence-corrected chi connectivity index (χ1v) is 3.56. The Kier molecular flexibility index (Phi) is 2.44. The zero-order chi connectivity index (χ0) is 8.27. The fourth-order valence-corrected chi connectivity index (χ4v) is 0.997. The van der Waals surface area contributed by atoms with Crippen LogP contribution in [0.25, 0.3) is 0 Å². The van der Waals surface area contributed by atoms with Crippen molar-refractivity contribution in [2.75, 3.05) is 0 Å². The van der Waals surface area contributed by atoms with Gasteiger partial charge < -0.3 is 0 Å². The predicted octanol–water partition coefficient (Wildman–Crippen LogP) is 2.54. The molecule has 0 aliphatic heterocycles. The van der Waals surface area contributed by atoms with Crippen LogP contribution in [0.15, 0.2) is 23.1 Å². The molecule has 0 aromatic heterocycles. The number of rotatable bonds is 1. The normalized spacial score (nSPS) is 9.18. The van der Waals surface area contributed by atoms with Crippen LogP contribution in [0.1, 0.15) is 0 Å². The third-order valence-electron chi connectivity index (χ3n) is 1.05. The molecule has 0 unspecified atom stereocenters. The number of hydrogen-bond acceptors (Lipinski definition) is 2. The van der Waals surface area contributed by atoms with E-state index in [1.807, 2.05) is 0 Å². The first kappa shape index (κ1) is 8.02. The molecule has 1 nitrogen and oxygen atoms in total. The number of hydrogen-bond donors (Lipinski definition) is 0. The van der Waals surface area contributed by atoms with Crippen molar-refractivity contribution in [2.24, 2.45) is 0 Å². The molecule has 0 fully saturated rings. The van der Waals surface area contributed by atoms with Gasteiger partial charge in [-0.05, 0) is 30.0 Å². The van der Waals surface area contributed by atoms with Gasteiger partial charge in [-0.1, -0.05) is 0 Å². The third kappa shape index (κ3) is 1.92. The Hall–Kier alpha value is -1.08. The second-order valence-corrected chi connectivity index (χ2v) is 2.63. The molecule has 1 rings (SSSR count). The van der Waals surface area contributed by atoms with E-state index in [0.29, 0.717) is 4.90 Å². The molecule has 1 aromatic rings. The minimum Gasteiger partial charge on any atom is -0.204 e. The van der Waals surface area contributed by atoms with Crippen LogP contribution < -0.4 is 0 Å². The molecule has 0 heterocycles. The summed E-state index contributed by atoms with van der Waals surface area (Å²) in [7, 11) is 0. The molecular formula is C7H3F2NS. The minimum atomic E-state index is -0.926. The Morgan fingerprint density at radius 3 is 2.55 bits per heavy atom. The second kappa shape index (κ2) is 3.35. The van der Waals surface area contributed by atoms with Gasteiger partial charge in [0.15, 0.2) is 11.6 Å². The molecule has 1 aromatic carbocycles. The molecule has 0 amide bonds. The first-order valence-electron chi connectivity index (χ1n) is 2.75. The largest absolute Gasteiger partial charge is 0.204 e. The number of benzene rings is 1. The van der Waals surface area contributed by atoms with Crippen molar-refractivity contribution in [3.63, 3.8) is 0 Å². The van der Waals surface area contributed by atoms with Crippen LogP contribution in [0.4, 0.5) is 8.78 Å². The lowest BCUT2D eigenvalue weighted by molar-refractivity contribution is 0.506. The summed E-state index contributed by atoms with van der Waals surface area (Å²) < 4.78 is 24.7. The van der Waals surface area contributed by atoms with Gasteiger partial charge in [-0.15, -0.1) is 0 Å². The number of thioether (sulfide) groups is 1. The Bertz CT molecular complexity index is 306. The zero-order valence-electron chi connectivity index (χ0n) is 5.34. The lowest BCUT2D eigenvalue weighted by atomic mass is 10.3. The van der Waals surface area contributed by atoms with Gasteiger partial charge in [0.1, 0.15) is 5.40 Å². The van der Waals surface area contributed by atoms with Crippen molar-refractivity contribution >= 4 is 11.8 Å². The number of thiocyanates is 1. The standard InChI is InChI=1S/C7H3F2NS/c8-6-2-1-5(11-4-10)3-7(6)9/h1-3H. The van der Waals surface area contributed by atoms with Gasteiger partial charge in [0.25, 0.3) is 0 Å². The molecule has 0 bridgehead atoms. The highest BCUT2D eigenvalue weighted by Crippen LogP contribution is 2.18. The summed E-state index contributed by atoms with van der Waals surface area (Å²) in [5, 5.41) is 9.93. The maximum atomic E-state index is 12.4. The van der Waals surface area contributed by atoms with Crippen LogP contribution in [0, 0.1) is 22.3 Å². The van der Waals surface area contributed by atoms with E-state index in [0.717, 1.165) is 23.9 Å². The summed E-state index contributed by atoms with van der Waals surface area (Å²) in [6.07, 6.45) is 0. The van der Waals surface area contributed by atoms with Crippen molar-refractivity contribution < 1.29 is 8.78 Å². The predicted molar refractivity (Wildman–Crippen MR) is 37.8 cm³/mol. The van der Waals surface area contributed by atoms with Gasteiger partial charge in [0.05, 0.1) is 0 Å². The molecule has 0 atom stereocenters. The molecule has 0 N–H and O–H groups in total. The highest BCUT2D eigenvalue weighted by Gasteiger charge is 2.01. The molecule has 0 radical (unpaired) electrons. The Morgan fingerprint density at radius 2 is 2.00 bits per heavy atom. The molecule has 0 aliphatic rings. The summed E-state index contributed by atoms with van der Waals surface area (Å²) in [4.78, 5) is 0.409. The fourth-order valence-electron chi connectivity index (χ4n) is 0.593. The van der Waals surface area contributed by atoms with E-state index < -0.39 is 11.6 Å². The Labute approximate surface area is 66.6 Å². The zero-order valence-corrected chi connectivity index (χ0v) is 6.16. The van der Waals surface area contributed by atoms with E-state index >= 15 is 0 Å². The van der Waals surface area contributed by atoms with Crippen molar-refractivity contribution in [1.82, 2.24) is 0 Å². The van der Waals surface area contributed by atoms with E-state index in [-0.39, 0.29) is 0 Å². The van der Waals surface area contributed by atoms with Crippen LogP contribution in [0.3, 0.4) is 0 Å². The summed E-state index contributed by atoms with van der Waals surface area (Å²) >= 11 is 0.797. The lowest BCUT2D eigenvalue weighted by Gasteiger charge is -1.93. The summed E-state index contributed by atoms with van der Waals surface area (Å²) in [5.74, 6) is -1.82. The molecule has 0 spiro atoms. The number of nitrogens with zero attached hydrogens (tertiary/aromatic N) is 1. The summed E-state index contributed by atoms with van der Waals surface area (Å²) in [6.45, 7) is 0. The van der Waals surface area contributed by atoms with Crippen LogP contribution in [0.2, 0.25) is 0 Å². The van der Waals surface area contributed by atoms with E-state index in [2.05, 4.69) is 0 Å². The number of halogens is 2. The van der Waals surface area contributed by atoms with Gasteiger partial charge in [0.2, 0.25) is 0 Å². The maximum absolute atomic E-state index is 12.4. The van der Waals surface area contributed by atoms with Crippen molar-refractivity contribution in [3.8, 4) is 5.40 Å². The summed E-state index contributed by atoms with van der Waals surface area (Å²) in [6, 6.07) is 3.34. The van der Waals surface area contributed by atoms with E-state index in [1.54, 1.807) is 5.40 Å². The molecule has 56 valence electrons. The smallest absolute Gasteiger partial charge is 0.159 e. The highest BCUT2D eigenvalue weighted by atomic mass is 32.2. The quantitative estimate of drug-likeness (QED) is 0.479. The van der Waals surface area contributed by atoms with Gasteiger partial charge in [-0.25, -0.2) is 8.78 Å². The van der Waals surface area contributed by atoms with Gasteiger partial charge in [0, 0.05) is 4.90 Å². The lowest BCUT2D eigenvalue weighted by Crippen LogP contribution is -1.81. The van der Waals surface area contributed by atoms with E-state index in [1.165, 1.54) is 6.07 Å². The maximum Gasteiger partial charge on any atom is 0.159 e. The Balaban J connectivity index is 2.98. The minimum absolute atomic E-state index is 0.409. The SMILES string of the molecule is N#CSc1ccc(F)c(F)c1. The van der Waals surface area contributed by atoms with E-state index in [9.17, 15) is 8.78 Å². The Morgan fingerprint density at radius 1 is 1.27 bits per heavy atom. The van der Waals surface area contributed by atoms with Crippen LogP contribution >= 0.6 is 11.8 Å². The molecule has 4 heteroatoms. The monoisotopic (exact) mass is 171 g/mol. The van der Waals surface area contributed by atoms with Crippen LogP contribution in [0.5, 0.6) is 0 Å². The van der Waals surface area contributed by atoms with Crippen molar-refractivity contribution in [1.29, 1.82) is 5.26 Å². The average Bonchev–Trinajstić information content (AvgIpc) is 1.98. The fraction of sp³-hybridized carbons (Fsp3) is 0. The molecule has 0 saturated carbocycles. The summed E-state index contributed by atoms with van der Waals surface area (Å²) in [5.41, 5.74) is 0. The van der Waals surface area contributed by atoms with Crippen molar-refractivity contribution in [3.05, 3.63) is 29.8 Å². The van der Waals surface area contributed by atoms with Crippen LogP contribution in [-0.4, -0.2) is 0 Å². The van der Waals surface area contributed by atoms with Crippen LogP contribution in [-0.2, 0) is 0 Å². The molecule has 0 aliphatic carbocycles. The molecule has 0 saturated heterocycles. The average molecular weight is 171 g/mol. The topological polar surface area (TPSA) is 23.8 Å². The van der Waals surface area contributed by atoms with Gasteiger partial charge >= 0.3 is 0 Å².